The number of nitrogens with zero attached hydrogens (tertiary/aromatic N) is 1. The number of aryl methyl sites for hydroxylation is 1. The summed E-state index contributed by atoms with van der Waals surface area (Å²) in [7, 11) is -3.59. The maximum Gasteiger partial charge on any atom is 0.243 e. The molecule has 0 radical (unpaired) electrons. The molecule has 2 aromatic rings. The van der Waals surface area contributed by atoms with Crippen LogP contribution in [-0.2, 0) is 21.4 Å². The fourth-order valence-corrected chi connectivity index (χ4v) is 4.93. The summed E-state index contributed by atoms with van der Waals surface area (Å²) in [5, 5.41) is 3.49. The highest BCUT2D eigenvalue weighted by Crippen LogP contribution is 2.24. The molecule has 0 saturated carbocycles. The van der Waals surface area contributed by atoms with Crippen molar-refractivity contribution in [2.75, 3.05) is 13.1 Å². The summed E-state index contributed by atoms with van der Waals surface area (Å²) in [5.74, 6) is -0.500. The van der Waals surface area contributed by atoms with E-state index in [1.54, 1.807) is 30.3 Å². The zero-order valence-electron chi connectivity index (χ0n) is 15.2. The summed E-state index contributed by atoms with van der Waals surface area (Å²) in [6.07, 6.45) is 1.34. The lowest BCUT2D eigenvalue weighted by atomic mass is 9.99. The van der Waals surface area contributed by atoms with Crippen LogP contribution in [0, 0.1) is 12.8 Å². The van der Waals surface area contributed by atoms with E-state index in [1.165, 1.54) is 4.31 Å². The average Bonchev–Trinajstić information content (AvgIpc) is 2.67. The molecule has 1 atom stereocenters. The van der Waals surface area contributed by atoms with Crippen molar-refractivity contribution in [1.82, 2.24) is 9.62 Å². The van der Waals surface area contributed by atoms with Gasteiger partial charge in [0.05, 0.1) is 10.8 Å². The Bertz CT molecular complexity index is 913. The standard InChI is InChI=1S/C20H23ClN2O3S/c1-15-8-10-18(11-9-15)27(25,26)23-12-4-6-17(14-23)20(24)22-13-16-5-2-3-7-19(16)21/h2-3,5,7-11,17H,4,6,12-14H2,1H3,(H,22,24)/t17-/m1/s1. The van der Waals surface area contributed by atoms with Crippen LogP contribution in [0.5, 0.6) is 0 Å². The highest BCUT2D eigenvalue weighted by Gasteiger charge is 2.33. The Balaban J connectivity index is 1.65. The minimum atomic E-state index is -3.59. The number of halogens is 1. The van der Waals surface area contributed by atoms with Crippen molar-refractivity contribution in [3.63, 3.8) is 0 Å². The van der Waals surface area contributed by atoms with Crippen LogP contribution in [0.2, 0.25) is 5.02 Å². The van der Waals surface area contributed by atoms with Gasteiger partial charge >= 0.3 is 0 Å². The van der Waals surface area contributed by atoms with Crippen molar-refractivity contribution < 1.29 is 13.2 Å². The molecule has 7 heteroatoms. The molecule has 1 saturated heterocycles. The first-order valence-electron chi connectivity index (χ1n) is 8.96. The minimum Gasteiger partial charge on any atom is -0.352 e. The summed E-state index contributed by atoms with van der Waals surface area (Å²) in [6.45, 7) is 2.88. The van der Waals surface area contributed by atoms with Crippen LogP contribution in [0.3, 0.4) is 0 Å². The molecule has 144 valence electrons. The van der Waals surface area contributed by atoms with E-state index in [1.807, 2.05) is 25.1 Å². The lowest BCUT2D eigenvalue weighted by Crippen LogP contribution is -2.45. The fraction of sp³-hybridized carbons (Fsp3) is 0.350. The number of hydrogen-bond donors (Lipinski definition) is 1. The van der Waals surface area contributed by atoms with Crippen molar-refractivity contribution in [1.29, 1.82) is 0 Å². The van der Waals surface area contributed by atoms with Gasteiger partial charge in [-0.2, -0.15) is 4.31 Å². The van der Waals surface area contributed by atoms with Crippen LogP contribution < -0.4 is 5.32 Å². The lowest BCUT2D eigenvalue weighted by Gasteiger charge is -2.31. The minimum absolute atomic E-state index is 0.140. The van der Waals surface area contributed by atoms with E-state index in [-0.39, 0.29) is 23.3 Å². The van der Waals surface area contributed by atoms with E-state index >= 15 is 0 Å². The van der Waals surface area contributed by atoms with Crippen LogP contribution in [-0.4, -0.2) is 31.7 Å². The molecule has 1 aliphatic rings. The number of carbonyl (C=O) groups excluding carboxylic acids is 1. The smallest absolute Gasteiger partial charge is 0.243 e. The molecule has 0 aliphatic carbocycles. The van der Waals surface area contributed by atoms with Gasteiger partial charge in [0.1, 0.15) is 0 Å². The van der Waals surface area contributed by atoms with E-state index in [9.17, 15) is 13.2 Å². The first-order valence-corrected chi connectivity index (χ1v) is 10.8. The first-order chi connectivity index (χ1) is 12.9. The summed E-state index contributed by atoms with van der Waals surface area (Å²) < 4.78 is 27.2. The topological polar surface area (TPSA) is 66.5 Å². The van der Waals surface area contributed by atoms with Crippen molar-refractivity contribution in [3.05, 3.63) is 64.7 Å². The van der Waals surface area contributed by atoms with E-state index in [0.29, 0.717) is 31.0 Å². The average molecular weight is 407 g/mol. The van der Waals surface area contributed by atoms with Gasteiger partial charge in [0, 0.05) is 24.7 Å². The molecule has 1 heterocycles. The Labute approximate surface area is 165 Å². The Morgan fingerprint density at radius 3 is 2.59 bits per heavy atom. The molecule has 1 aliphatic heterocycles. The predicted molar refractivity (Wildman–Crippen MR) is 106 cm³/mol. The predicted octanol–water partition coefficient (Wildman–Crippen LogP) is 3.37. The zero-order valence-corrected chi connectivity index (χ0v) is 16.8. The van der Waals surface area contributed by atoms with Crippen molar-refractivity contribution >= 4 is 27.5 Å². The number of carbonyl (C=O) groups is 1. The van der Waals surface area contributed by atoms with Gasteiger partial charge in [0.2, 0.25) is 15.9 Å². The molecule has 2 aromatic carbocycles. The Hall–Kier alpha value is -1.89. The quantitative estimate of drug-likeness (QED) is 0.827. The normalized spacial score (nSPS) is 18.2. The molecule has 0 unspecified atom stereocenters. The van der Waals surface area contributed by atoms with Crippen LogP contribution in [0.25, 0.3) is 0 Å². The maximum atomic E-state index is 12.9. The molecule has 1 fully saturated rings. The summed E-state index contributed by atoms with van der Waals surface area (Å²) in [6, 6.07) is 14.1. The van der Waals surface area contributed by atoms with E-state index < -0.39 is 10.0 Å². The molecule has 0 bridgehead atoms. The number of amides is 1. The SMILES string of the molecule is Cc1ccc(S(=O)(=O)N2CCC[C@@H](C(=O)NCc3ccccc3Cl)C2)cc1. The molecule has 1 N–H and O–H groups in total. The van der Waals surface area contributed by atoms with Crippen LogP contribution in [0.4, 0.5) is 0 Å². The molecule has 0 spiro atoms. The molecular weight excluding hydrogens is 384 g/mol. The summed E-state index contributed by atoms with van der Waals surface area (Å²) >= 11 is 6.12. The molecule has 27 heavy (non-hydrogen) atoms. The van der Waals surface area contributed by atoms with Crippen molar-refractivity contribution in [2.45, 2.75) is 31.2 Å². The number of benzene rings is 2. The molecule has 0 aromatic heterocycles. The Morgan fingerprint density at radius 1 is 1.19 bits per heavy atom. The number of nitrogens with one attached hydrogen (secondary N) is 1. The largest absolute Gasteiger partial charge is 0.352 e. The van der Waals surface area contributed by atoms with Gasteiger partial charge in [-0.25, -0.2) is 8.42 Å². The van der Waals surface area contributed by atoms with E-state index in [2.05, 4.69) is 5.32 Å². The molecular formula is C20H23ClN2O3S. The van der Waals surface area contributed by atoms with Crippen molar-refractivity contribution in [2.24, 2.45) is 5.92 Å². The zero-order chi connectivity index (χ0) is 19.4. The molecule has 3 rings (SSSR count). The second-order valence-electron chi connectivity index (χ2n) is 6.82. The number of sulfonamides is 1. The highest BCUT2D eigenvalue weighted by molar-refractivity contribution is 7.89. The first kappa shape index (κ1) is 19.9. The number of hydrogen-bond acceptors (Lipinski definition) is 3. The second-order valence-corrected chi connectivity index (χ2v) is 9.17. The van der Waals surface area contributed by atoms with Gasteiger partial charge in [0.25, 0.3) is 0 Å². The van der Waals surface area contributed by atoms with Gasteiger partial charge in [-0.1, -0.05) is 47.5 Å². The van der Waals surface area contributed by atoms with E-state index in [0.717, 1.165) is 11.1 Å². The highest BCUT2D eigenvalue weighted by atomic mass is 35.5. The van der Waals surface area contributed by atoms with Crippen LogP contribution in [0.1, 0.15) is 24.0 Å². The van der Waals surface area contributed by atoms with Gasteiger partial charge < -0.3 is 5.32 Å². The van der Waals surface area contributed by atoms with Crippen molar-refractivity contribution in [3.8, 4) is 0 Å². The van der Waals surface area contributed by atoms with Gasteiger partial charge in [0.15, 0.2) is 0 Å². The third-order valence-electron chi connectivity index (χ3n) is 4.82. The Morgan fingerprint density at radius 2 is 1.89 bits per heavy atom. The Kier molecular flexibility index (Phi) is 6.19. The summed E-state index contributed by atoms with van der Waals surface area (Å²) in [5.41, 5.74) is 1.84. The van der Waals surface area contributed by atoms with Gasteiger partial charge in [-0.05, 0) is 43.5 Å². The van der Waals surface area contributed by atoms with Gasteiger partial charge in [-0.15, -0.1) is 0 Å². The summed E-state index contributed by atoms with van der Waals surface area (Å²) in [4.78, 5) is 12.8. The van der Waals surface area contributed by atoms with E-state index in [4.69, 9.17) is 11.6 Å². The fourth-order valence-electron chi connectivity index (χ4n) is 3.20. The second kappa shape index (κ2) is 8.42. The van der Waals surface area contributed by atoms with Crippen LogP contribution in [0.15, 0.2) is 53.4 Å². The number of rotatable bonds is 5. The molecule has 5 nitrogen and oxygen atoms in total. The van der Waals surface area contributed by atoms with Crippen LogP contribution >= 0.6 is 11.6 Å². The third kappa shape index (κ3) is 4.69. The number of piperidine rings is 1. The lowest BCUT2D eigenvalue weighted by molar-refractivity contribution is -0.126. The third-order valence-corrected chi connectivity index (χ3v) is 7.07. The van der Waals surface area contributed by atoms with Gasteiger partial charge in [-0.3, -0.25) is 4.79 Å². The monoisotopic (exact) mass is 406 g/mol. The maximum absolute atomic E-state index is 12.9. The molecule has 1 amide bonds.